The molecule has 0 bridgehead atoms. The van der Waals surface area contributed by atoms with Crippen molar-refractivity contribution in [2.24, 2.45) is 0 Å². The molecule has 1 aromatic carbocycles. The van der Waals surface area contributed by atoms with E-state index in [0.717, 1.165) is 49.6 Å². The van der Waals surface area contributed by atoms with Crippen molar-refractivity contribution in [1.29, 1.82) is 0 Å². The van der Waals surface area contributed by atoms with Crippen LogP contribution in [0.3, 0.4) is 0 Å². The molecule has 0 spiro atoms. The topological polar surface area (TPSA) is 61.9 Å². The predicted octanol–water partition coefficient (Wildman–Crippen LogP) is 3.47. The van der Waals surface area contributed by atoms with E-state index in [1.165, 1.54) is 29.6 Å². The lowest BCUT2D eigenvalue weighted by molar-refractivity contribution is -0.117. The summed E-state index contributed by atoms with van der Waals surface area (Å²) >= 11 is 1.44. The SMILES string of the molecule is CCc1c(C)sc(NC(=O)CN2CCN(Cc3ccc(C)cc3)CC2)c1C(=O)OC. The van der Waals surface area contributed by atoms with Gasteiger partial charge in [-0.05, 0) is 31.4 Å². The van der Waals surface area contributed by atoms with Gasteiger partial charge in [0, 0.05) is 37.6 Å². The van der Waals surface area contributed by atoms with Crippen molar-refractivity contribution in [1.82, 2.24) is 9.80 Å². The lowest BCUT2D eigenvalue weighted by atomic mass is 10.1. The molecule has 0 saturated carbocycles. The molecule has 3 rings (SSSR count). The average Bonchev–Trinajstić information content (AvgIpc) is 3.05. The van der Waals surface area contributed by atoms with Gasteiger partial charge >= 0.3 is 5.97 Å². The maximum atomic E-state index is 12.6. The number of rotatable bonds is 7. The highest BCUT2D eigenvalue weighted by molar-refractivity contribution is 7.16. The normalized spacial score (nSPS) is 15.2. The number of benzene rings is 1. The van der Waals surface area contributed by atoms with Crippen LogP contribution in [0.25, 0.3) is 0 Å². The maximum Gasteiger partial charge on any atom is 0.341 e. The molecule has 1 aromatic heterocycles. The van der Waals surface area contributed by atoms with Crippen LogP contribution < -0.4 is 5.32 Å². The Morgan fingerprint density at radius 1 is 1.07 bits per heavy atom. The number of aryl methyl sites for hydroxylation is 2. The number of nitrogens with zero attached hydrogens (tertiary/aromatic N) is 2. The van der Waals surface area contributed by atoms with Gasteiger partial charge in [-0.3, -0.25) is 14.6 Å². The van der Waals surface area contributed by atoms with E-state index in [0.29, 0.717) is 17.1 Å². The van der Waals surface area contributed by atoms with Crippen LogP contribution in [-0.2, 0) is 22.5 Å². The molecular formula is C23H31N3O3S. The highest BCUT2D eigenvalue weighted by Crippen LogP contribution is 2.34. The number of piperazine rings is 1. The number of ether oxygens (including phenoxy) is 1. The van der Waals surface area contributed by atoms with Gasteiger partial charge in [-0.15, -0.1) is 11.3 Å². The molecule has 0 radical (unpaired) electrons. The monoisotopic (exact) mass is 429 g/mol. The minimum Gasteiger partial charge on any atom is -0.465 e. The van der Waals surface area contributed by atoms with Crippen LogP contribution in [-0.4, -0.2) is 61.5 Å². The smallest absolute Gasteiger partial charge is 0.341 e. The van der Waals surface area contributed by atoms with Crippen molar-refractivity contribution < 1.29 is 14.3 Å². The van der Waals surface area contributed by atoms with Gasteiger partial charge in [-0.2, -0.15) is 0 Å². The van der Waals surface area contributed by atoms with Crippen LogP contribution in [0.2, 0.25) is 0 Å². The fourth-order valence-corrected chi connectivity index (χ4v) is 4.99. The molecule has 1 amide bonds. The fourth-order valence-electron chi connectivity index (χ4n) is 3.84. The largest absolute Gasteiger partial charge is 0.465 e. The van der Waals surface area contributed by atoms with E-state index in [1.807, 2.05) is 13.8 Å². The minimum atomic E-state index is -0.392. The van der Waals surface area contributed by atoms with Crippen LogP contribution in [0.15, 0.2) is 24.3 Å². The zero-order valence-corrected chi connectivity index (χ0v) is 19.1. The van der Waals surface area contributed by atoms with Crippen molar-refractivity contribution in [2.45, 2.75) is 33.7 Å². The van der Waals surface area contributed by atoms with E-state index in [-0.39, 0.29) is 5.91 Å². The van der Waals surface area contributed by atoms with E-state index in [1.54, 1.807) is 0 Å². The van der Waals surface area contributed by atoms with Crippen molar-refractivity contribution >= 4 is 28.2 Å². The summed E-state index contributed by atoms with van der Waals surface area (Å²) in [6, 6.07) is 8.66. The molecule has 1 saturated heterocycles. The van der Waals surface area contributed by atoms with E-state index >= 15 is 0 Å². The van der Waals surface area contributed by atoms with Crippen molar-refractivity contribution in [3.63, 3.8) is 0 Å². The standard InChI is InChI=1S/C23H31N3O3S/c1-5-19-17(3)30-22(21(19)23(28)29-4)24-20(27)15-26-12-10-25(11-13-26)14-18-8-6-16(2)7-9-18/h6-9H,5,10-15H2,1-4H3,(H,24,27). The number of hydrogen-bond donors (Lipinski definition) is 1. The molecule has 7 heteroatoms. The van der Waals surface area contributed by atoms with Crippen LogP contribution in [0.5, 0.6) is 0 Å². The van der Waals surface area contributed by atoms with E-state index in [9.17, 15) is 9.59 Å². The zero-order valence-electron chi connectivity index (χ0n) is 18.3. The number of amides is 1. The number of carbonyl (C=O) groups excluding carboxylic acids is 2. The Hall–Kier alpha value is -2.22. The van der Waals surface area contributed by atoms with Gasteiger partial charge in [0.2, 0.25) is 5.91 Å². The Morgan fingerprint density at radius 2 is 1.70 bits per heavy atom. The number of hydrogen-bond acceptors (Lipinski definition) is 6. The Bertz CT molecular complexity index is 884. The van der Waals surface area contributed by atoms with Crippen LogP contribution >= 0.6 is 11.3 Å². The Kier molecular flexibility index (Phi) is 7.64. The van der Waals surface area contributed by atoms with Gasteiger partial charge in [0.05, 0.1) is 19.2 Å². The third kappa shape index (κ3) is 5.47. The second-order valence-electron chi connectivity index (χ2n) is 7.77. The molecule has 2 aromatic rings. The molecule has 0 aliphatic carbocycles. The average molecular weight is 430 g/mol. The van der Waals surface area contributed by atoms with E-state index in [4.69, 9.17) is 4.74 Å². The molecule has 2 heterocycles. The molecule has 1 aliphatic rings. The summed E-state index contributed by atoms with van der Waals surface area (Å²) in [5.74, 6) is -0.479. The Morgan fingerprint density at radius 3 is 2.30 bits per heavy atom. The number of anilines is 1. The quantitative estimate of drug-likeness (QED) is 0.683. The predicted molar refractivity (Wildman–Crippen MR) is 121 cm³/mol. The molecule has 30 heavy (non-hydrogen) atoms. The van der Waals surface area contributed by atoms with Gasteiger partial charge in [0.25, 0.3) is 0 Å². The number of nitrogens with one attached hydrogen (secondary N) is 1. The van der Waals surface area contributed by atoms with Gasteiger partial charge in [0.15, 0.2) is 0 Å². The summed E-state index contributed by atoms with van der Waals surface area (Å²) in [6.07, 6.45) is 0.728. The number of esters is 1. The lowest BCUT2D eigenvalue weighted by Gasteiger charge is -2.34. The molecule has 1 N–H and O–H groups in total. The second-order valence-corrected chi connectivity index (χ2v) is 9.00. The highest BCUT2D eigenvalue weighted by atomic mass is 32.1. The maximum absolute atomic E-state index is 12.6. The number of thiophene rings is 1. The summed E-state index contributed by atoms with van der Waals surface area (Å²) in [6.45, 7) is 10.9. The van der Waals surface area contributed by atoms with Crippen LogP contribution in [0.4, 0.5) is 5.00 Å². The van der Waals surface area contributed by atoms with Gasteiger partial charge in [-0.1, -0.05) is 36.8 Å². The van der Waals surface area contributed by atoms with Crippen molar-refractivity contribution in [3.05, 3.63) is 51.4 Å². The molecular weight excluding hydrogens is 398 g/mol. The van der Waals surface area contributed by atoms with E-state index < -0.39 is 5.97 Å². The lowest BCUT2D eigenvalue weighted by Crippen LogP contribution is -2.48. The third-order valence-corrected chi connectivity index (χ3v) is 6.63. The molecule has 1 fully saturated rings. The second kappa shape index (κ2) is 10.2. The van der Waals surface area contributed by atoms with Gasteiger partial charge < -0.3 is 10.1 Å². The first-order valence-electron chi connectivity index (χ1n) is 10.4. The first-order valence-corrected chi connectivity index (χ1v) is 11.2. The minimum absolute atomic E-state index is 0.0870. The number of carbonyl (C=O) groups is 2. The molecule has 0 unspecified atom stereocenters. The van der Waals surface area contributed by atoms with Gasteiger partial charge in [0.1, 0.15) is 5.00 Å². The number of methoxy groups -OCH3 is 1. The van der Waals surface area contributed by atoms with Crippen LogP contribution in [0, 0.1) is 13.8 Å². The molecule has 162 valence electrons. The van der Waals surface area contributed by atoms with Crippen molar-refractivity contribution in [2.75, 3.05) is 45.2 Å². The molecule has 0 atom stereocenters. The van der Waals surface area contributed by atoms with Crippen LogP contribution in [0.1, 0.15) is 38.8 Å². The summed E-state index contributed by atoms with van der Waals surface area (Å²) < 4.78 is 4.93. The summed E-state index contributed by atoms with van der Waals surface area (Å²) in [5.41, 5.74) is 4.05. The zero-order chi connectivity index (χ0) is 21.7. The Balaban J connectivity index is 1.53. The third-order valence-electron chi connectivity index (χ3n) is 5.56. The first kappa shape index (κ1) is 22.5. The molecule has 1 aliphatic heterocycles. The van der Waals surface area contributed by atoms with Crippen molar-refractivity contribution in [3.8, 4) is 0 Å². The summed E-state index contributed by atoms with van der Waals surface area (Å²) in [4.78, 5) is 30.5. The highest BCUT2D eigenvalue weighted by Gasteiger charge is 2.24. The Labute approximate surface area is 182 Å². The summed E-state index contributed by atoms with van der Waals surface area (Å²) in [7, 11) is 1.37. The first-order chi connectivity index (χ1) is 14.4. The fraction of sp³-hybridized carbons (Fsp3) is 0.478. The molecule has 6 nitrogen and oxygen atoms in total. The van der Waals surface area contributed by atoms with Gasteiger partial charge in [-0.25, -0.2) is 4.79 Å². The summed E-state index contributed by atoms with van der Waals surface area (Å²) in [5, 5.41) is 3.54. The van der Waals surface area contributed by atoms with E-state index in [2.05, 4.69) is 46.3 Å².